The van der Waals surface area contributed by atoms with Gasteiger partial charge in [0.1, 0.15) is 12.4 Å². The van der Waals surface area contributed by atoms with Crippen molar-refractivity contribution in [2.75, 3.05) is 5.32 Å². The number of amides is 1. The van der Waals surface area contributed by atoms with Gasteiger partial charge in [-0.1, -0.05) is 41.9 Å². The van der Waals surface area contributed by atoms with Gasteiger partial charge in [-0.3, -0.25) is 5.32 Å². The van der Waals surface area contributed by atoms with Gasteiger partial charge in [0.15, 0.2) is 0 Å². The van der Waals surface area contributed by atoms with Crippen molar-refractivity contribution in [3.8, 4) is 0 Å². The molecule has 98 valence electrons. The smallest absolute Gasteiger partial charge is 0.413 e. The SMILES string of the molecule is O=C(Nc1cc(I)c(Cl)cn1)OCc1ccccc1. The van der Waals surface area contributed by atoms with E-state index >= 15 is 0 Å². The number of ether oxygens (including phenoxy) is 1. The van der Waals surface area contributed by atoms with Gasteiger partial charge < -0.3 is 4.74 Å². The molecule has 0 aliphatic carbocycles. The van der Waals surface area contributed by atoms with Gasteiger partial charge in [-0.2, -0.15) is 0 Å². The largest absolute Gasteiger partial charge is 0.444 e. The van der Waals surface area contributed by atoms with E-state index in [0.29, 0.717) is 10.8 Å². The number of carbonyl (C=O) groups is 1. The first-order valence-corrected chi connectivity index (χ1v) is 6.89. The maximum absolute atomic E-state index is 11.6. The first-order chi connectivity index (χ1) is 9.15. The number of halogens is 2. The van der Waals surface area contributed by atoms with E-state index in [-0.39, 0.29) is 6.61 Å². The molecule has 6 heteroatoms. The number of carbonyl (C=O) groups excluding carboxylic acids is 1. The highest BCUT2D eigenvalue weighted by Gasteiger charge is 2.06. The van der Waals surface area contributed by atoms with Crippen LogP contribution >= 0.6 is 34.2 Å². The molecule has 0 aliphatic heterocycles. The van der Waals surface area contributed by atoms with Gasteiger partial charge in [-0.05, 0) is 34.2 Å². The zero-order valence-electron chi connectivity index (χ0n) is 9.77. The molecule has 1 heterocycles. The number of anilines is 1. The Balaban J connectivity index is 1.89. The zero-order valence-corrected chi connectivity index (χ0v) is 12.7. The van der Waals surface area contributed by atoms with E-state index in [0.717, 1.165) is 9.13 Å². The number of rotatable bonds is 3. The maximum Gasteiger partial charge on any atom is 0.413 e. The van der Waals surface area contributed by atoms with E-state index in [9.17, 15) is 4.79 Å². The summed E-state index contributed by atoms with van der Waals surface area (Å²) < 4.78 is 5.89. The van der Waals surface area contributed by atoms with Crippen molar-refractivity contribution < 1.29 is 9.53 Å². The first-order valence-electron chi connectivity index (χ1n) is 5.44. The lowest BCUT2D eigenvalue weighted by Gasteiger charge is -2.07. The van der Waals surface area contributed by atoms with Crippen LogP contribution in [0.3, 0.4) is 0 Å². The first kappa shape index (κ1) is 14.1. The van der Waals surface area contributed by atoms with Crippen molar-refractivity contribution in [2.45, 2.75) is 6.61 Å². The number of hydrogen-bond donors (Lipinski definition) is 1. The molecule has 4 nitrogen and oxygen atoms in total. The number of benzene rings is 1. The van der Waals surface area contributed by atoms with Crippen LogP contribution in [0.25, 0.3) is 0 Å². The average Bonchev–Trinajstić information content (AvgIpc) is 2.42. The summed E-state index contributed by atoms with van der Waals surface area (Å²) in [6.07, 6.45) is 0.935. The third kappa shape index (κ3) is 4.36. The van der Waals surface area contributed by atoms with Crippen LogP contribution in [0.5, 0.6) is 0 Å². The highest BCUT2D eigenvalue weighted by molar-refractivity contribution is 14.1. The molecule has 1 aromatic heterocycles. The Morgan fingerprint density at radius 1 is 1.37 bits per heavy atom. The summed E-state index contributed by atoms with van der Waals surface area (Å²) in [5.74, 6) is 0.409. The predicted molar refractivity (Wildman–Crippen MR) is 82.2 cm³/mol. The molecule has 1 N–H and O–H groups in total. The molecule has 0 fully saturated rings. The minimum Gasteiger partial charge on any atom is -0.444 e. The molecular weight excluding hydrogens is 379 g/mol. The molecular formula is C13H10ClIN2O2. The van der Waals surface area contributed by atoms with Crippen molar-refractivity contribution in [3.05, 3.63) is 56.8 Å². The van der Waals surface area contributed by atoms with Crippen LogP contribution in [0, 0.1) is 3.57 Å². The van der Waals surface area contributed by atoms with Crippen molar-refractivity contribution in [1.29, 1.82) is 0 Å². The molecule has 0 saturated heterocycles. The lowest BCUT2D eigenvalue weighted by molar-refractivity contribution is 0.155. The topological polar surface area (TPSA) is 51.2 Å². The monoisotopic (exact) mass is 388 g/mol. The highest BCUT2D eigenvalue weighted by Crippen LogP contribution is 2.19. The van der Waals surface area contributed by atoms with Crippen LogP contribution in [-0.4, -0.2) is 11.1 Å². The minimum absolute atomic E-state index is 0.220. The van der Waals surface area contributed by atoms with E-state index in [2.05, 4.69) is 32.9 Å². The van der Waals surface area contributed by atoms with Crippen molar-refractivity contribution >= 4 is 46.1 Å². The molecule has 19 heavy (non-hydrogen) atoms. The van der Waals surface area contributed by atoms with E-state index < -0.39 is 6.09 Å². The molecule has 0 bridgehead atoms. The summed E-state index contributed by atoms with van der Waals surface area (Å²) in [6.45, 7) is 0.220. The molecule has 0 saturated carbocycles. The van der Waals surface area contributed by atoms with Gasteiger partial charge in [0.05, 0.1) is 5.02 Å². The Morgan fingerprint density at radius 3 is 2.79 bits per heavy atom. The van der Waals surface area contributed by atoms with Crippen LogP contribution in [0.4, 0.5) is 10.6 Å². The third-order valence-electron chi connectivity index (χ3n) is 2.25. The third-order valence-corrected chi connectivity index (χ3v) is 3.76. The van der Waals surface area contributed by atoms with E-state index in [1.807, 2.05) is 30.3 Å². The van der Waals surface area contributed by atoms with E-state index in [1.54, 1.807) is 6.07 Å². The second-order valence-corrected chi connectivity index (χ2v) is 5.24. The van der Waals surface area contributed by atoms with Gasteiger partial charge in [0.2, 0.25) is 0 Å². The van der Waals surface area contributed by atoms with Crippen molar-refractivity contribution in [2.24, 2.45) is 0 Å². The van der Waals surface area contributed by atoms with Crippen LogP contribution in [-0.2, 0) is 11.3 Å². The Bertz CT molecular complexity index is 578. The maximum atomic E-state index is 11.6. The molecule has 0 radical (unpaired) electrons. The van der Waals surface area contributed by atoms with Crippen LogP contribution in [0.1, 0.15) is 5.56 Å². The fourth-order valence-electron chi connectivity index (χ4n) is 1.35. The summed E-state index contributed by atoms with van der Waals surface area (Å²) in [4.78, 5) is 15.6. The summed E-state index contributed by atoms with van der Waals surface area (Å²) in [5, 5.41) is 3.09. The molecule has 0 aliphatic rings. The predicted octanol–water partition coefficient (Wildman–Crippen LogP) is 4.09. The molecule has 0 spiro atoms. The Kier molecular flexibility index (Phi) is 4.98. The summed E-state index contributed by atoms with van der Waals surface area (Å²) in [5.41, 5.74) is 0.927. The van der Waals surface area contributed by atoms with Gasteiger partial charge in [0, 0.05) is 9.77 Å². The van der Waals surface area contributed by atoms with Crippen LogP contribution in [0.2, 0.25) is 5.02 Å². The standard InChI is InChI=1S/C13H10ClIN2O2/c14-10-7-16-12(6-11(10)15)17-13(18)19-8-9-4-2-1-3-5-9/h1-7H,8H2,(H,16,17,18). The minimum atomic E-state index is -0.547. The fourth-order valence-corrected chi connectivity index (χ4v) is 1.88. The number of hydrogen-bond acceptors (Lipinski definition) is 3. The lowest BCUT2D eigenvalue weighted by Crippen LogP contribution is -2.14. The normalized spacial score (nSPS) is 10.0. The van der Waals surface area contributed by atoms with Crippen molar-refractivity contribution in [3.63, 3.8) is 0 Å². The molecule has 1 amide bonds. The Labute approximate surface area is 129 Å². The summed E-state index contributed by atoms with van der Waals surface area (Å²) in [6, 6.07) is 11.1. The molecule has 2 aromatic rings. The number of aromatic nitrogens is 1. The molecule has 1 aromatic carbocycles. The van der Waals surface area contributed by atoms with E-state index in [1.165, 1.54) is 6.20 Å². The highest BCUT2D eigenvalue weighted by atomic mass is 127. The second kappa shape index (κ2) is 6.72. The zero-order chi connectivity index (χ0) is 13.7. The fraction of sp³-hybridized carbons (Fsp3) is 0.0769. The van der Waals surface area contributed by atoms with Gasteiger partial charge in [-0.25, -0.2) is 9.78 Å². The number of nitrogens with one attached hydrogen (secondary N) is 1. The Hall–Kier alpha value is -1.34. The van der Waals surface area contributed by atoms with Gasteiger partial charge in [-0.15, -0.1) is 0 Å². The molecule has 0 atom stereocenters. The van der Waals surface area contributed by atoms with Gasteiger partial charge >= 0.3 is 6.09 Å². The average molecular weight is 389 g/mol. The lowest BCUT2D eigenvalue weighted by atomic mass is 10.2. The van der Waals surface area contributed by atoms with Crippen molar-refractivity contribution in [1.82, 2.24) is 4.98 Å². The molecule has 0 unspecified atom stereocenters. The number of pyridine rings is 1. The second-order valence-electron chi connectivity index (χ2n) is 3.67. The van der Waals surface area contributed by atoms with Crippen LogP contribution in [0.15, 0.2) is 42.6 Å². The quantitative estimate of drug-likeness (QED) is 0.806. The summed E-state index contributed by atoms with van der Waals surface area (Å²) in [7, 11) is 0. The van der Waals surface area contributed by atoms with Gasteiger partial charge in [0.25, 0.3) is 0 Å². The summed E-state index contributed by atoms with van der Waals surface area (Å²) >= 11 is 7.91. The number of nitrogens with zero attached hydrogens (tertiary/aromatic N) is 1. The Morgan fingerprint density at radius 2 is 2.11 bits per heavy atom. The molecule has 2 rings (SSSR count). The van der Waals surface area contributed by atoms with Crippen LogP contribution < -0.4 is 5.32 Å². The van der Waals surface area contributed by atoms with E-state index in [4.69, 9.17) is 16.3 Å².